The largest absolute Gasteiger partial charge is 0.312 e. The molecule has 1 atom stereocenters. The van der Waals surface area contributed by atoms with Crippen LogP contribution in [0.25, 0.3) is 0 Å². The summed E-state index contributed by atoms with van der Waals surface area (Å²) < 4.78 is 0. The van der Waals surface area contributed by atoms with Crippen molar-refractivity contribution in [3.63, 3.8) is 0 Å². The summed E-state index contributed by atoms with van der Waals surface area (Å²) in [5, 5.41) is 3.11. The summed E-state index contributed by atoms with van der Waals surface area (Å²) in [5.74, 6) is 0.207. The Kier molecular flexibility index (Phi) is 3.44. The Morgan fingerprint density at radius 2 is 2.12 bits per heavy atom. The first-order chi connectivity index (χ1) is 7.74. The van der Waals surface area contributed by atoms with Crippen LogP contribution >= 0.6 is 0 Å². The molecule has 1 unspecified atom stereocenters. The van der Waals surface area contributed by atoms with Crippen molar-refractivity contribution in [2.75, 3.05) is 7.05 Å². The zero-order chi connectivity index (χ0) is 11.5. The van der Waals surface area contributed by atoms with Crippen molar-refractivity contribution in [1.29, 1.82) is 0 Å². The van der Waals surface area contributed by atoms with E-state index in [1.165, 1.54) is 0 Å². The van der Waals surface area contributed by atoms with E-state index in [9.17, 15) is 4.79 Å². The van der Waals surface area contributed by atoms with Gasteiger partial charge in [-0.15, -0.1) is 0 Å². The van der Waals surface area contributed by atoms with Gasteiger partial charge < -0.3 is 10.2 Å². The lowest BCUT2D eigenvalue weighted by molar-refractivity contribution is -0.132. The molecule has 16 heavy (non-hydrogen) atoms. The number of nitrogens with zero attached hydrogens (tertiary/aromatic N) is 1. The predicted octanol–water partition coefficient (Wildman–Crippen LogP) is 1.82. The second kappa shape index (κ2) is 4.83. The van der Waals surface area contributed by atoms with Crippen molar-refractivity contribution in [2.45, 2.75) is 44.2 Å². The monoisotopic (exact) mass is 220 g/mol. The van der Waals surface area contributed by atoms with E-state index in [0.29, 0.717) is 6.04 Å². The molecule has 0 bridgehead atoms. The van der Waals surface area contributed by atoms with E-state index in [-0.39, 0.29) is 11.9 Å². The molecule has 1 N–H and O–H groups in total. The van der Waals surface area contributed by atoms with Crippen LogP contribution in [0.5, 0.6) is 0 Å². The molecule has 1 heterocycles. The van der Waals surface area contributed by atoms with Gasteiger partial charge in [0.05, 0.1) is 6.04 Å². The number of allylic oxidation sites excluding steroid dienone is 1. The van der Waals surface area contributed by atoms with Crippen LogP contribution in [-0.2, 0) is 4.79 Å². The Morgan fingerprint density at radius 1 is 1.44 bits per heavy atom. The third kappa shape index (κ3) is 2.05. The Balaban J connectivity index is 2.16. The molecule has 1 fully saturated rings. The molecule has 1 saturated heterocycles. The van der Waals surface area contributed by atoms with E-state index in [0.717, 1.165) is 37.8 Å². The van der Waals surface area contributed by atoms with Crippen molar-refractivity contribution < 1.29 is 4.79 Å². The Hall–Kier alpha value is -1.09. The van der Waals surface area contributed by atoms with Gasteiger partial charge in [-0.05, 0) is 39.2 Å². The first-order valence-corrected chi connectivity index (χ1v) is 6.07. The molecule has 1 aliphatic carbocycles. The van der Waals surface area contributed by atoms with Gasteiger partial charge >= 0.3 is 0 Å². The van der Waals surface area contributed by atoms with Crippen LogP contribution in [0, 0.1) is 0 Å². The summed E-state index contributed by atoms with van der Waals surface area (Å²) in [6.07, 6.45) is 9.18. The fraction of sp³-hybridized carbons (Fsp3) is 0.615. The molecule has 0 aromatic heterocycles. The smallest absolute Gasteiger partial charge is 0.244 e. The van der Waals surface area contributed by atoms with E-state index >= 15 is 0 Å². The van der Waals surface area contributed by atoms with E-state index in [1.807, 2.05) is 11.9 Å². The minimum absolute atomic E-state index is 0.0279. The van der Waals surface area contributed by atoms with Gasteiger partial charge in [0.1, 0.15) is 0 Å². The lowest BCUT2D eigenvalue weighted by atomic mass is 10.1. The van der Waals surface area contributed by atoms with Crippen molar-refractivity contribution >= 4 is 5.91 Å². The van der Waals surface area contributed by atoms with E-state index in [2.05, 4.69) is 24.0 Å². The minimum atomic E-state index is -0.0279. The molecular formula is C13H20N2O. The van der Waals surface area contributed by atoms with Gasteiger partial charge in [-0.25, -0.2) is 0 Å². The third-order valence-electron chi connectivity index (χ3n) is 3.53. The maximum absolute atomic E-state index is 12.3. The van der Waals surface area contributed by atoms with Crippen LogP contribution in [-0.4, -0.2) is 29.9 Å². The highest BCUT2D eigenvalue weighted by molar-refractivity contribution is 5.84. The number of rotatable bonds is 2. The number of hydrogen-bond acceptors (Lipinski definition) is 2. The third-order valence-corrected chi connectivity index (χ3v) is 3.53. The average molecular weight is 220 g/mol. The molecule has 3 heteroatoms. The van der Waals surface area contributed by atoms with E-state index in [1.54, 1.807) is 0 Å². The Bertz CT molecular complexity index is 314. The van der Waals surface area contributed by atoms with Crippen molar-refractivity contribution in [1.82, 2.24) is 10.2 Å². The highest BCUT2D eigenvalue weighted by Crippen LogP contribution is 2.27. The number of nitrogens with one attached hydrogen (secondary N) is 1. The summed E-state index contributed by atoms with van der Waals surface area (Å²) in [6, 6.07) is 0.286. The molecule has 88 valence electrons. The van der Waals surface area contributed by atoms with E-state index in [4.69, 9.17) is 0 Å². The van der Waals surface area contributed by atoms with Crippen LogP contribution in [0.4, 0.5) is 0 Å². The number of likely N-dealkylation sites (tertiary alicyclic amines) is 1. The molecule has 0 spiro atoms. The van der Waals surface area contributed by atoms with Crippen LogP contribution in [0.15, 0.2) is 24.4 Å². The molecule has 0 aromatic carbocycles. The topological polar surface area (TPSA) is 32.3 Å². The van der Waals surface area contributed by atoms with Gasteiger partial charge in [-0.2, -0.15) is 0 Å². The standard InChI is InChI=1S/C13H20N2O/c1-10-6-5-9-12(14-2)13(16)15(10)11-7-3-4-8-11/h3-4,11-12,14H,1,5-9H2,2H3. The fourth-order valence-electron chi connectivity index (χ4n) is 2.60. The molecule has 2 aliphatic rings. The number of hydrogen-bond donors (Lipinski definition) is 1. The second-order valence-electron chi connectivity index (χ2n) is 4.60. The first-order valence-electron chi connectivity index (χ1n) is 6.07. The SMILES string of the molecule is C=C1CCCC(NC)C(=O)N1C1CC=CC1. The molecule has 0 aromatic rings. The lowest BCUT2D eigenvalue weighted by Gasteiger charge is -2.31. The number of carbonyl (C=O) groups is 1. The van der Waals surface area contributed by atoms with E-state index < -0.39 is 0 Å². The summed E-state index contributed by atoms with van der Waals surface area (Å²) in [7, 11) is 1.86. The minimum Gasteiger partial charge on any atom is -0.312 e. The van der Waals surface area contributed by atoms with Crippen molar-refractivity contribution in [3.8, 4) is 0 Å². The second-order valence-corrected chi connectivity index (χ2v) is 4.60. The van der Waals surface area contributed by atoms with Gasteiger partial charge in [0.25, 0.3) is 0 Å². The summed E-state index contributed by atoms with van der Waals surface area (Å²) in [4.78, 5) is 14.3. The summed E-state index contributed by atoms with van der Waals surface area (Å²) >= 11 is 0. The Labute approximate surface area is 97.2 Å². The highest BCUT2D eigenvalue weighted by atomic mass is 16.2. The number of likely N-dealkylation sites (N-methyl/N-ethyl adjacent to an activating group) is 1. The average Bonchev–Trinajstić information content (AvgIpc) is 2.73. The van der Waals surface area contributed by atoms with Gasteiger partial charge in [0, 0.05) is 11.7 Å². The molecule has 0 saturated carbocycles. The Morgan fingerprint density at radius 3 is 2.75 bits per heavy atom. The van der Waals surface area contributed by atoms with Crippen molar-refractivity contribution in [2.24, 2.45) is 0 Å². The van der Waals surface area contributed by atoms with Gasteiger partial charge in [-0.3, -0.25) is 4.79 Å². The van der Waals surface area contributed by atoms with Crippen LogP contribution in [0.1, 0.15) is 32.1 Å². The zero-order valence-corrected chi connectivity index (χ0v) is 9.91. The molecular weight excluding hydrogens is 200 g/mol. The summed E-state index contributed by atoms with van der Waals surface area (Å²) in [5.41, 5.74) is 0.997. The highest BCUT2D eigenvalue weighted by Gasteiger charge is 2.32. The molecule has 1 aliphatic heterocycles. The lowest BCUT2D eigenvalue weighted by Crippen LogP contribution is -2.46. The molecule has 0 radical (unpaired) electrons. The van der Waals surface area contributed by atoms with Crippen molar-refractivity contribution in [3.05, 3.63) is 24.4 Å². The van der Waals surface area contributed by atoms with Crippen LogP contribution in [0.2, 0.25) is 0 Å². The van der Waals surface area contributed by atoms with Gasteiger partial charge in [0.15, 0.2) is 0 Å². The maximum Gasteiger partial charge on any atom is 0.244 e. The number of amides is 1. The molecule has 1 amide bonds. The predicted molar refractivity (Wildman–Crippen MR) is 64.8 cm³/mol. The van der Waals surface area contributed by atoms with Gasteiger partial charge in [0.2, 0.25) is 5.91 Å². The zero-order valence-electron chi connectivity index (χ0n) is 9.91. The maximum atomic E-state index is 12.3. The number of carbonyl (C=O) groups excluding carboxylic acids is 1. The van der Waals surface area contributed by atoms with Gasteiger partial charge in [-0.1, -0.05) is 18.7 Å². The van der Waals surface area contributed by atoms with Crippen LogP contribution < -0.4 is 5.32 Å². The summed E-state index contributed by atoms with van der Waals surface area (Å²) in [6.45, 7) is 4.07. The normalized spacial score (nSPS) is 27.6. The van der Waals surface area contributed by atoms with Crippen LogP contribution in [0.3, 0.4) is 0 Å². The molecule has 3 nitrogen and oxygen atoms in total. The molecule has 2 rings (SSSR count). The fourth-order valence-corrected chi connectivity index (χ4v) is 2.60. The quantitative estimate of drug-likeness (QED) is 0.720. The first kappa shape index (κ1) is 11.4.